The maximum absolute atomic E-state index is 11.9. The summed E-state index contributed by atoms with van der Waals surface area (Å²) in [5.41, 5.74) is 10.8. The van der Waals surface area contributed by atoms with Crippen LogP contribution in [0.4, 0.5) is 0 Å². The van der Waals surface area contributed by atoms with Crippen molar-refractivity contribution in [1.29, 1.82) is 0 Å². The van der Waals surface area contributed by atoms with Gasteiger partial charge in [0.15, 0.2) is 0 Å². The third kappa shape index (κ3) is 4.06. The molecule has 0 radical (unpaired) electrons. The fourth-order valence-electron chi connectivity index (χ4n) is 2.17. The Morgan fingerprint density at radius 2 is 1.79 bits per heavy atom. The number of hydrogen-bond donors (Lipinski definition) is 1. The third-order valence-corrected chi connectivity index (χ3v) is 3.82. The molecule has 1 atom stereocenters. The first-order valence-electron chi connectivity index (χ1n) is 6.88. The van der Waals surface area contributed by atoms with Crippen molar-refractivity contribution in [3.8, 4) is 0 Å². The van der Waals surface area contributed by atoms with Gasteiger partial charge in [-0.2, -0.15) is 0 Å². The van der Waals surface area contributed by atoms with Gasteiger partial charge in [-0.05, 0) is 49.4 Å². The molecular weight excluding hydrogens is 236 g/mol. The van der Waals surface area contributed by atoms with Crippen molar-refractivity contribution in [2.75, 3.05) is 20.1 Å². The molecule has 0 spiro atoms. The zero-order chi connectivity index (χ0) is 14.6. The lowest BCUT2D eigenvalue weighted by atomic mass is 9.98. The fourth-order valence-corrected chi connectivity index (χ4v) is 2.17. The van der Waals surface area contributed by atoms with Crippen molar-refractivity contribution in [3.05, 3.63) is 34.4 Å². The number of amides is 1. The largest absolute Gasteiger partial charge is 0.345 e. The minimum Gasteiger partial charge on any atom is -0.345 e. The standard InChI is InChI=1S/C16H26N2O/c1-11-8-13(3)15(9-12(11)2)6-7-18(5)16(19)14(4)10-17/h8-9,14H,6-7,10,17H2,1-5H3. The van der Waals surface area contributed by atoms with E-state index in [4.69, 9.17) is 5.73 Å². The summed E-state index contributed by atoms with van der Waals surface area (Å²) in [5.74, 6) is 0.0369. The molecular formula is C16H26N2O. The van der Waals surface area contributed by atoms with Crippen molar-refractivity contribution < 1.29 is 4.79 Å². The highest BCUT2D eigenvalue weighted by Gasteiger charge is 2.15. The Morgan fingerprint density at radius 1 is 1.21 bits per heavy atom. The summed E-state index contributed by atoms with van der Waals surface area (Å²) in [4.78, 5) is 13.7. The van der Waals surface area contributed by atoms with Gasteiger partial charge >= 0.3 is 0 Å². The van der Waals surface area contributed by atoms with Crippen LogP contribution >= 0.6 is 0 Å². The molecule has 3 nitrogen and oxygen atoms in total. The van der Waals surface area contributed by atoms with E-state index in [-0.39, 0.29) is 11.8 Å². The number of likely N-dealkylation sites (N-methyl/N-ethyl adjacent to an activating group) is 1. The Labute approximate surface area is 116 Å². The molecule has 1 aromatic carbocycles. The van der Waals surface area contributed by atoms with Crippen molar-refractivity contribution >= 4 is 5.91 Å². The molecule has 19 heavy (non-hydrogen) atoms. The van der Waals surface area contributed by atoms with Crippen LogP contribution in [-0.4, -0.2) is 30.9 Å². The van der Waals surface area contributed by atoms with Gasteiger partial charge in [-0.1, -0.05) is 19.1 Å². The topological polar surface area (TPSA) is 46.3 Å². The molecule has 0 heterocycles. The van der Waals surface area contributed by atoms with E-state index in [0.717, 1.165) is 13.0 Å². The molecule has 1 amide bonds. The number of carbonyl (C=O) groups excluding carboxylic acids is 1. The number of nitrogens with two attached hydrogens (primary N) is 1. The van der Waals surface area contributed by atoms with Gasteiger partial charge in [0.1, 0.15) is 0 Å². The lowest BCUT2D eigenvalue weighted by Crippen LogP contribution is -2.36. The number of nitrogens with zero attached hydrogens (tertiary/aromatic N) is 1. The number of carbonyl (C=O) groups is 1. The quantitative estimate of drug-likeness (QED) is 0.884. The number of rotatable bonds is 5. The Hall–Kier alpha value is -1.35. The minimum atomic E-state index is -0.0918. The molecule has 0 aromatic heterocycles. The van der Waals surface area contributed by atoms with Crippen molar-refractivity contribution in [2.45, 2.75) is 34.1 Å². The van der Waals surface area contributed by atoms with E-state index >= 15 is 0 Å². The lowest BCUT2D eigenvalue weighted by molar-refractivity contribution is -0.133. The number of hydrogen-bond acceptors (Lipinski definition) is 2. The number of aryl methyl sites for hydroxylation is 3. The molecule has 3 heteroatoms. The van der Waals surface area contributed by atoms with Gasteiger partial charge in [0.05, 0.1) is 0 Å². The monoisotopic (exact) mass is 262 g/mol. The first-order valence-corrected chi connectivity index (χ1v) is 6.88. The third-order valence-electron chi connectivity index (χ3n) is 3.82. The average molecular weight is 262 g/mol. The summed E-state index contributed by atoms with van der Waals surface area (Å²) in [6.45, 7) is 9.42. The SMILES string of the molecule is Cc1cc(C)c(CCN(C)C(=O)C(C)CN)cc1C. The molecule has 2 N–H and O–H groups in total. The minimum absolute atomic E-state index is 0.0918. The summed E-state index contributed by atoms with van der Waals surface area (Å²) in [6.07, 6.45) is 0.895. The van der Waals surface area contributed by atoms with Crippen LogP contribution in [0.15, 0.2) is 12.1 Å². The lowest BCUT2D eigenvalue weighted by Gasteiger charge is -2.21. The van der Waals surface area contributed by atoms with Crippen molar-refractivity contribution in [3.63, 3.8) is 0 Å². The van der Waals surface area contributed by atoms with Crippen LogP contribution in [0.3, 0.4) is 0 Å². The van der Waals surface area contributed by atoms with Crippen LogP contribution in [0.2, 0.25) is 0 Å². The van der Waals surface area contributed by atoms with E-state index in [0.29, 0.717) is 6.54 Å². The first kappa shape index (κ1) is 15.7. The van der Waals surface area contributed by atoms with E-state index in [9.17, 15) is 4.79 Å². The van der Waals surface area contributed by atoms with Gasteiger partial charge in [-0.25, -0.2) is 0 Å². The van der Waals surface area contributed by atoms with Crippen LogP contribution in [0.1, 0.15) is 29.2 Å². The smallest absolute Gasteiger partial charge is 0.226 e. The van der Waals surface area contributed by atoms with E-state index in [2.05, 4.69) is 32.9 Å². The molecule has 106 valence electrons. The maximum atomic E-state index is 11.9. The fraction of sp³-hybridized carbons (Fsp3) is 0.562. The highest BCUT2D eigenvalue weighted by atomic mass is 16.2. The van der Waals surface area contributed by atoms with Crippen LogP contribution < -0.4 is 5.73 Å². The molecule has 0 saturated carbocycles. The molecule has 0 aliphatic carbocycles. The Bertz CT molecular complexity index is 454. The molecule has 0 aliphatic heterocycles. The van der Waals surface area contributed by atoms with Gasteiger partial charge in [0, 0.05) is 26.1 Å². The molecule has 1 rings (SSSR count). The second kappa shape index (κ2) is 6.71. The van der Waals surface area contributed by atoms with E-state index in [1.165, 1.54) is 22.3 Å². The maximum Gasteiger partial charge on any atom is 0.226 e. The zero-order valence-corrected chi connectivity index (χ0v) is 12.8. The van der Waals surface area contributed by atoms with Gasteiger partial charge in [-0.3, -0.25) is 4.79 Å². The van der Waals surface area contributed by atoms with Crippen LogP contribution in [-0.2, 0) is 11.2 Å². The van der Waals surface area contributed by atoms with E-state index in [1.807, 2.05) is 14.0 Å². The van der Waals surface area contributed by atoms with Crippen molar-refractivity contribution in [2.24, 2.45) is 11.7 Å². The number of benzene rings is 1. The van der Waals surface area contributed by atoms with E-state index in [1.54, 1.807) is 4.90 Å². The summed E-state index contributed by atoms with van der Waals surface area (Å²) < 4.78 is 0. The predicted molar refractivity (Wildman–Crippen MR) is 80.2 cm³/mol. The average Bonchev–Trinajstić information content (AvgIpc) is 2.39. The Kier molecular flexibility index (Phi) is 5.55. The molecule has 1 unspecified atom stereocenters. The molecule has 0 fully saturated rings. The Balaban J connectivity index is 2.67. The van der Waals surface area contributed by atoms with Crippen molar-refractivity contribution in [1.82, 2.24) is 4.90 Å². The highest BCUT2D eigenvalue weighted by Crippen LogP contribution is 2.16. The molecule has 0 aliphatic rings. The van der Waals surface area contributed by atoms with E-state index < -0.39 is 0 Å². The van der Waals surface area contributed by atoms with Crippen LogP contribution in [0.5, 0.6) is 0 Å². The van der Waals surface area contributed by atoms with Gasteiger partial charge in [0.2, 0.25) is 5.91 Å². The first-order chi connectivity index (χ1) is 8.86. The normalized spacial score (nSPS) is 12.3. The molecule has 0 bridgehead atoms. The summed E-state index contributed by atoms with van der Waals surface area (Å²) in [6, 6.07) is 4.45. The summed E-state index contributed by atoms with van der Waals surface area (Å²) in [5, 5.41) is 0. The second-order valence-electron chi connectivity index (χ2n) is 5.51. The van der Waals surface area contributed by atoms with Gasteiger partial charge in [-0.15, -0.1) is 0 Å². The molecule has 1 aromatic rings. The van der Waals surface area contributed by atoms with Crippen LogP contribution in [0, 0.1) is 26.7 Å². The van der Waals surface area contributed by atoms with Crippen LogP contribution in [0.25, 0.3) is 0 Å². The zero-order valence-electron chi connectivity index (χ0n) is 12.8. The summed E-state index contributed by atoms with van der Waals surface area (Å²) in [7, 11) is 1.85. The van der Waals surface area contributed by atoms with Gasteiger partial charge in [0.25, 0.3) is 0 Å². The summed E-state index contributed by atoms with van der Waals surface area (Å²) >= 11 is 0. The van der Waals surface area contributed by atoms with Gasteiger partial charge < -0.3 is 10.6 Å². The predicted octanol–water partition coefficient (Wildman–Crippen LogP) is 2.21. The molecule has 0 saturated heterocycles. The highest BCUT2D eigenvalue weighted by molar-refractivity contribution is 5.78. The Morgan fingerprint density at radius 3 is 2.37 bits per heavy atom. The second-order valence-corrected chi connectivity index (χ2v) is 5.51.